The Hall–Kier alpha value is 0.730. The van der Waals surface area contributed by atoms with E-state index in [1.54, 1.807) is 3.28 Å². The SMILES string of the molecule is CC(C)C1=CC2C=CC=C2S1.C[Si](C)[Zr+2][C]1=CC=CC1.[Cl-].[Cl-]. The van der Waals surface area contributed by atoms with Crippen LogP contribution in [0.1, 0.15) is 20.3 Å². The number of fused-ring (bicyclic) bond motifs is 1. The van der Waals surface area contributed by atoms with Gasteiger partial charge in [0, 0.05) is 10.8 Å². The zero-order chi connectivity index (χ0) is 14.5. The van der Waals surface area contributed by atoms with E-state index in [9.17, 15) is 0 Å². The van der Waals surface area contributed by atoms with E-state index in [0.29, 0.717) is 11.8 Å². The number of hydrogen-bond donors (Lipinski definition) is 0. The van der Waals surface area contributed by atoms with Gasteiger partial charge >= 0.3 is 69.3 Å². The summed E-state index contributed by atoms with van der Waals surface area (Å²) in [5.41, 5.74) is 0. The average molecular weight is 450 g/mol. The minimum Gasteiger partial charge on any atom is -1.00 e. The molecule has 119 valence electrons. The Morgan fingerprint density at radius 3 is 2.41 bits per heavy atom. The van der Waals surface area contributed by atoms with Gasteiger partial charge in [0.15, 0.2) is 0 Å². The standard InChI is InChI=1S/C10H12S.C5H5.C2H6Si.2ClH.Zr/c1-7(2)10-6-8-4-3-5-9(8)11-10;1-2-4-5-3-1;1-3-2;;;/h3-8H,1-2H3;1-3H,4H2;1-2H3;2*1H;/q;;;;;+2/p-2. The molecule has 0 aromatic heterocycles. The molecule has 0 bridgehead atoms. The second kappa shape index (κ2) is 11.3. The molecule has 0 amide bonds. The first-order valence-electron chi connectivity index (χ1n) is 7.27. The van der Waals surface area contributed by atoms with Crippen molar-refractivity contribution in [1.29, 1.82) is 0 Å². The summed E-state index contributed by atoms with van der Waals surface area (Å²) in [7, 11) is 0. The van der Waals surface area contributed by atoms with Crippen LogP contribution in [0.3, 0.4) is 0 Å². The molecule has 0 aromatic rings. The maximum absolute atomic E-state index is 2.44. The van der Waals surface area contributed by atoms with Crippen molar-refractivity contribution >= 4 is 17.7 Å². The van der Waals surface area contributed by atoms with Gasteiger partial charge in [-0.15, -0.1) is 0 Å². The summed E-state index contributed by atoms with van der Waals surface area (Å²) in [5.74, 6) is 1.46. The fourth-order valence-corrected chi connectivity index (χ4v) is 10.8. The molecule has 0 saturated carbocycles. The molecular formula is C17H23Cl2SSiZr. The van der Waals surface area contributed by atoms with Gasteiger partial charge in [-0.2, -0.15) is 0 Å². The quantitative estimate of drug-likeness (QED) is 0.525. The van der Waals surface area contributed by atoms with Crippen LogP contribution in [0.25, 0.3) is 0 Å². The molecule has 3 aliphatic rings. The molecule has 0 nitrogen and oxygen atoms in total. The first-order valence-corrected chi connectivity index (χ1v) is 15.5. The number of allylic oxidation sites excluding steroid dienone is 10. The second-order valence-corrected chi connectivity index (χ2v) is 19.9. The van der Waals surface area contributed by atoms with Crippen LogP contribution in [0, 0.1) is 11.8 Å². The van der Waals surface area contributed by atoms with Gasteiger partial charge in [-0.1, -0.05) is 49.9 Å². The smallest absolute Gasteiger partial charge is 1.00 e. The van der Waals surface area contributed by atoms with E-state index in [0.717, 1.165) is 0 Å². The molecule has 0 spiro atoms. The van der Waals surface area contributed by atoms with E-state index in [2.05, 4.69) is 69.5 Å². The third-order valence-corrected chi connectivity index (χ3v) is 12.5. The van der Waals surface area contributed by atoms with Crippen molar-refractivity contribution in [2.75, 3.05) is 0 Å². The zero-order valence-electron chi connectivity index (χ0n) is 13.6. The first-order chi connectivity index (χ1) is 9.56. The molecule has 0 aromatic carbocycles. The van der Waals surface area contributed by atoms with E-state index in [4.69, 9.17) is 0 Å². The summed E-state index contributed by atoms with van der Waals surface area (Å²) in [5, 5.41) is 0. The summed E-state index contributed by atoms with van der Waals surface area (Å²) in [6, 6.07) is 0. The predicted octanol–water partition coefficient (Wildman–Crippen LogP) is -0.485. The Morgan fingerprint density at radius 2 is 1.91 bits per heavy atom. The van der Waals surface area contributed by atoms with Crippen LogP contribution in [0.15, 0.2) is 55.6 Å². The molecule has 1 unspecified atom stereocenters. The maximum Gasteiger partial charge on any atom is -1.00 e. The van der Waals surface area contributed by atoms with Gasteiger partial charge < -0.3 is 24.8 Å². The van der Waals surface area contributed by atoms with Crippen LogP contribution >= 0.6 is 11.8 Å². The van der Waals surface area contributed by atoms with Crippen molar-refractivity contribution in [2.24, 2.45) is 11.8 Å². The third kappa shape index (κ3) is 7.09. The normalized spacial score (nSPS) is 20.3. The molecule has 1 atom stereocenters. The summed E-state index contributed by atoms with van der Waals surface area (Å²) < 4.78 is 1.80. The molecule has 0 N–H and O–H groups in total. The van der Waals surface area contributed by atoms with Gasteiger partial charge in [0.25, 0.3) is 0 Å². The fourth-order valence-electron chi connectivity index (χ4n) is 2.23. The molecule has 0 saturated heterocycles. The third-order valence-electron chi connectivity index (χ3n) is 3.24. The second-order valence-electron chi connectivity index (χ2n) is 5.75. The van der Waals surface area contributed by atoms with E-state index >= 15 is 0 Å². The van der Waals surface area contributed by atoms with E-state index in [-0.39, 0.29) is 53.1 Å². The number of rotatable bonds is 3. The van der Waals surface area contributed by atoms with E-state index in [1.165, 1.54) is 16.2 Å². The van der Waals surface area contributed by atoms with Gasteiger partial charge in [-0.3, -0.25) is 0 Å². The van der Waals surface area contributed by atoms with Crippen LogP contribution in [0.4, 0.5) is 0 Å². The van der Waals surface area contributed by atoms with Crippen molar-refractivity contribution in [3.63, 3.8) is 0 Å². The van der Waals surface area contributed by atoms with Crippen molar-refractivity contribution < 1.29 is 47.2 Å². The first kappa shape index (κ1) is 22.7. The number of halogens is 2. The van der Waals surface area contributed by atoms with E-state index < -0.39 is 0 Å². The van der Waals surface area contributed by atoms with Crippen molar-refractivity contribution in [1.82, 2.24) is 0 Å². The molecule has 1 aliphatic heterocycles. The van der Waals surface area contributed by atoms with Gasteiger partial charge in [0.05, 0.1) is 0 Å². The van der Waals surface area contributed by atoms with E-state index in [1.807, 2.05) is 11.8 Å². The molecule has 22 heavy (non-hydrogen) atoms. The minimum atomic E-state index is -0.0345. The summed E-state index contributed by atoms with van der Waals surface area (Å²) in [6.07, 6.45) is 17.1. The van der Waals surface area contributed by atoms with Crippen molar-refractivity contribution in [3.8, 4) is 0 Å². The number of hydrogen-bond acceptors (Lipinski definition) is 1. The van der Waals surface area contributed by atoms with Crippen LogP contribution in [0.5, 0.6) is 0 Å². The Morgan fingerprint density at radius 1 is 1.18 bits per heavy atom. The molecule has 3 rings (SSSR count). The van der Waals surface area contributed by atoms with Gasteiger partial charge in [-0.25, -0.2) is 0 Å². The maximum atomic E-state index is 2.44. The minimum absolute atomic E-state index is 0. The van der Waals surface area contributed by atoms with Gasteiger partial charge in [0.2, 0.25) is 0 Å². The molecule has 5 heteroatoms. The Balaban J connectivity index is 0.000000374. The average Bonchev–Trinajstić information content (AvgIpc) is 3.02. The van der Waals surface area contributed by atoms with Gasteiger partial charge in [0.1, 0.15) is 0 Å². The Bertz CT molecular complexity index is 505. The Labute approximate surface area is 164 Å². The van der Waals surface area contributed by atoms with Crippen molar-refractivity contribution in [3.05, 3.63) is 55.6 Å². The summed E-state index contributed by atoms with van der Waals surface area (Å²) >= 11 is 1.91. The Kier molecular flexibility index (Phi) is 11.7. The fraction of sp³-hybridized carbons (Fsp3) is 0.412. The van der Waals surface area contributed by atoms with Crippen LogP contribution in [-0.2, 0) is 22.4 Å². The molecule has 1 radical (unpaired) electrons. The number of thioether (sulfide) groups is 1. The predicted molar refractivity (Wildman–Crippen MR) is 90.5 cm³/mol. The monoisotopic (exact) mass is 447 g/mol. The van der Waals surface area contributed by atoms with Crippen LogP contribution in [-0.4, -0.2) is 5.92 Å². The molecule has 2 aliphatic carbocycles. The summed E-state index contributed by atoms with van der Waals surface area (Å²) in [6.45, 7) is 9.39. The topological polar surface area (TPSA) is 0 Å². The molecule has 1 heterocycles. The van der Waals surface area contributed by atoms with Crippen LogP contribution < -0.4 is 24.8 Å². The largest absolute Gasteiger partial charge is 1.00 e. The molecular weight excluding hydrogens is 426 g/mol. The zero-order valence-corrected chi connectivity index (χ0v) is 19.4. The summed E-state index contributed by atoms with van der Waals surface area (Å²) in [4.78, 5) is 3.04. The van der Waals surface area contributed by atoms with Gasteiger partial charge in [-0.05, 0) is 10.8 Å². The van der Waals surface area contributed by atoms with Crippen molar-refractivity contribution in [2.45, 2.75) is 33.4 Å². The van der Waals surface area contributed by atoms with Crippen LogP contribution in [0.2, 0.25) is 13.1 Å². The molecule has 0 fully saturated rings.